The topological polar surface area (TPSA) is 9.23 Å². The van der Waals surface area contributed by atoms with Gasteiger partial charge in [-0.3, -0.25) is 0 Å². The van der Waals surface area contributed by atoms with Crippen LogP contribution in [0.4, 0.5) is 0 Å². The van der Waals surface area contributed by atoms with Crippen LogP contribution in [0.25, 0.3) is 0 Å². The van der Waals surface area contributed by atoms with Crippen molar-refractivity contribution in [2.75, 3.05) is 6.61 Å². The zero-order chi connectivity index (χ0) is 7.61. The molecule has 0 spiro atoms. The van der Waals surface area contributed by atoms with Crippen LogP contribution < -0.4 is 0 Å². The molecule has 10 heavy (non-hydrogen) atoms. The molecule has 1 aliphatic rings. The number of hydrogen-bond donors (Lipinski definition) is 0. The van der Waals surface area contributed by atoms with E-state index >= 15 is 0 Å². The highest BCUT2D eigenvalue weighted by atomic mass is 16.5. The van der Waals surface area contributed by atoms with E-state index in [4.69, 9.17) is 4.74 Å². The summed E-state index contributed by atoms with van der Waals surface area (Å²) in [6.07, 6.45) is 4.72. The van der Waals surface area contributed by atoms with Crippen LogP contribution in [-0.4, -0.2) is 12.7 Å². The van der Waals surface area contributed by atoms with Gasteiger partial charge in [0.05, 0.1) is 6.10 Å². The summed E-state index contributed by atoms with van der Waals surface area (Å²) in [5, 5.41) is 0. The van der Waals surface area contributed by atoms with E-state index in [1.165, 1.54) is 0 Å². The van der Waals surface area contributed by atoms with Gasteiger partial charge < -0.3 is 4.74 Å². The summed E-state index contributed by atoms with van der Waals surface area (Å²) in [7, 11) is 0. The number of hydrogen-bond acceptors (Lipinski definition) is 1. The van der Waals surface area contributed by atoms with Gasteiger partial charge in [0.25, 0.3) is 0 Å². The van der Waals surface area contributed by atoms with Crippen LogP contribution in [0.1, 0.15) is 26.7 Å². The van der Waals surface area contributed by atoms with Gasteiger partial charge in [0, 0.05) is 6.61 Å². The van der Waals surface area contributed by atoms with E-state index in [-0.39, 0.29) is 0 Å². The van der Waals surface area contributed by atoms with Gasteiger partial charge in [0.2, 0.25) is 0 Å². The zero-order valence-corrected chi connectivity index (χ0v) is 6.89. The fraction of sp³-hybridized carbons (Fsp3) is 0.778. The Labute approximate surface area is 63.1 Å². The molecule has 0 amide bonds. The number of ether oxygens (including phenoxy) is 1. The van der Waals surface area contributed by atoms with Crippen molar-refractivity contribution in [1.29, 1.82) is 0 Å². The van der Waals surface area contributed by atoms with Crippen LogP contribution in [0.3, 0.4) is 0 Å². The molecule has 0 aromatic carbocycles. The second kappa shape index (κ2) is 2.75. The smallest absolute Gasteiger partial charge is 0.0555 e. The first-order chi connectivity index (χ1) is 4.66. The van der Waals surface area contributed by atoms with E-state index in [1.54, 1.807) is 0 Å². The third kappa shape index (κ3) is 1.60. The molecule has 2 unspecified atom stereocenters. The van der Waals surface area contributed by atoms with Gasteiger partial charge in [-0.25, -0.2) is 0 Å². The van der Waals surface area contributed by atoms with Crippen LogP contribution in [0.15, 0.2) is 12.7 Å². The van der Waals surface area contributed by atoms with Gasteiger partial charge in [-0.1, -0.05) is 13.0 Å². The Kier molecular flexibility index (Phi) is 2.14. The summed E-state index contributed by atoms with van der Waals surface area (Å²) in [6.45, 7) is 9.10. The normalized spacial score (nSPS) is 41.2. The average molecular weight is 140 g/mol. The first-order valence-electron chi connectivity index (χ1n) is 3.91. The van der Waals surface area contributed by atoms with Crippen LogP contribution >= 0.6 is 0 Å². The maximum Gasteiger partial charge on any atom is 0.0555 e. The minimum Gasteiger partial charge on any atom is -0.378 e. The van der Waals surface area contributed by atoms with Gasteiger partial charge in [-0.15, -0.1) is 6.58 Å². The Hall–Kier alpha value is -0.300. The van der Waals surface area contributed by atoms with Crippen molar-refractivity contribution in [1.82, 2.24) is 0 Å². The van der Waals surface area contributed by atoms with Gasteiger partial charge in [-0.05, 0) is 25.2 Å². The summed E-state index contributed by atoms with van der Waals surface area (Å²) in [5.74, 6) is 0. The molecule has 1 fully saturated rings. The summed E-state index contributed by atoms with van der Waals surface area (Å²) in [5.41, 5.74) is 0.331. The molecule has 0 saturated carbocycles. The molecule has 2 atom stereocenters. The van der Waals surface area contributed by atoms with Gasteiger partial charge in [-0.2, -0.15) is 0 Å². The third-order valence-electron chi connectivity index (χ3n) is 2.32. The maximum absolute atomic E-state index is 5.43. The number of allylic oxidation sites excluding steroid dienone is 1. The van der Waals surface area contributed by atoms with Crippen molar-refractivity contribution >= 4 is 0 Å². The maximum atomic E-state index is 5.43. The van der Waals surface area contributed by atoms with Crippen LogP contribution in [0, 0.1) is 5.41 Å². The summed E-state index contributed by atoms with van der Waals surface area (Å²) in [4.78, 5) is 0. The van der Waals surface area contributed by atoms with E-state index in [0.29, 0.717) is 11.5 Å². The molecule has 0 N–H and O–H groups in total. The largest absolute Gasteiger partial charge is 0.378 e. The van der Waals surface area contributed by atoms with Crippen LogP contribution in [0.5, 0.6) is 0 Å². The van der Waals surface area contributed by atoms with E-state index in [1.807, 2.05) is 0 Å². The van der Waals surface area contributed by atoms with E-state index in [2.05, 4.69) is 26.5 Å². The molecule has 0 radical (unpaired) electrons. The molecular weight excluding hydrogens is 124 g/mol. The molecule has 1 aliphatic heterocycles. The first kappa shape index (κ1) is 7.80. The molecule has 1 rings (SSSR count). The molecule has 0 aliphatic carbocycles. The van der Waals surface area contributed by atoms with E-state index < -0.39 is 0 Å². The Morgan fingerprint density at radius 2 is 2.40 bits per heavy atom. The minimum absolute atomic E-state index is 0.331. The highest BCUT2D eigenvalue weighted by Crippen LogP contribution is 2.33. The molecule has 1 nitrogen and oxygen atoms in total. The van der Waals surface area contributed by atoms with Crippen LogP contribution in [0.2, 0.25) is 0 Å². The standard InChI is InChI=1S/C9H16O/c1-4-9(3)5-6-10-8(2)7-9/h4,8H,1,5-7H2,2-3H3. The van der Waals surface area contributed by atoms with Crippen molar-refractivity contribution < 1.29 is 4.74 Å². The monoisotopic (exact) mass is 140 g/mol. The van der Waals surface area contributed by atoms with Crippen LogP contribution in [-0.2, 0) is 4.74 Å². The average Bonchev–Trinajstić information content (AvgIpc) is 1.88. The lowest BCUT2D eigenvalue weighted by Gasteiger charge is -2.34. The van der Waals surface area contributed by atoms with Crippen molar-refractivity contribution in [2.24, 2.45) is 5.41 Å². The Bertz CT molecular complexity index is 131. The summed E-state index contributed by atoms with van der Waals surface area (Å²) < 4.78 is 5.43. The highest BCUT2D eigenvalue weighted by Gasteiger charge is 2.27. The summed E-state index contributed by atoms with van der Waals surface area (Å²) >= 11 is 0. The molecular formula is C9H16O. The van der Waals surface area contributed by atoms with Gasteiger partial charge in [0.1, 0.15) is 0 Å². The second-order valence-corrected chi connectivity index (χ2v) is 3.49. The van der Waals surface area contributed by atoms with Crippen molar-refractivity contribution in [3.63, 3.8) is 0 Å². The Morgan fingerprint density at radius 1 is 1.70 bits per heavy atom. The number of rotatable bonds is 1. The predicted octanol–water partition coefficient (Wildman–Crippen LogP) is 2.38. The Morgan fingerprint density at radius 3 is 2.80 bits per heavy atom. The fourth-order valence-corrected chi connectivity index (χ4v) is 1.50. The van der Waals surface area contributed by atoms with Crippen molar-refractivity contribution in [3.05, 3.63) is 12.7 Å². The molecule has 1 heteroatoms. The highest BCUT2D eigenvalue weighted by molar-refractivity contribution is 4.94. The van der Waals surface area contributed by atoms with Crippen molar-refractivity contribution in [3.8, 4) is 0 Å². The quantitative estimate of drug-likeness (QED) is 0.508. The predicted molar refractivity (Wildman–Crippen MR) is 43.0 cm³/mol. The second-order valence-electron chi connectivity index (χ2n) is 3.49. The SMILES string of the molecule is C=CC1(C)CCOC(C)C1. The van der Waals surface area contributed by atoms with Gasteiger partial charge in [0.15, 0.2) is 0 Å². The van der Waals surface area contributed by atoms with Gasteiger partial charge >= 0.3 is 0 Å². The molecule has 0 aromatic heterocycles. The fourth-order valence-electron chi connectivity index (χ4n) is 1.50. The lowest BCUT2D eigenvalue weighted by atomic mass is 9.80. The van der Waals surface area contributed by atoms with E-state index in [9.17, 15) is 0 Å². The lowest BCUT2D eigenvalue weighted by molar-refractivity contribution is -0.0152. The van der Waals surface area contributed by atoms with E-state index in [0.717, 1.165) is 19.4 Å². The summed E-state index contributed by atoms with van der Waals surface area (Å²) in [6, 6.07) is 0. The first-order valence-corrected chi connectivity index (χ1v) is 3.91. The third-order valence-corrected chi connectivity index (χ3v) is 2.32. The Balaban J connectivity index is 2.53. The molecule has 1 saturated heterocycles. The lowest BCUT2D eigenvalue weighted by Crippen LogP contribution is -2.29. The molecule has 0 bridgehead atoms. The minimum atomic E-state index is 0.331. The molecule has 0 aromatic rings. The molecule has 1 heterocycles. The zero-order valence-electron chi connectivity index (χ0n) is 6.89. The van der Waals surface area contributed by atoms with Crippen molar-refractivity contribution in [2.45, 2.75) is 32.8 Å². The molecule has 58 valence electrons.